The molecule has 2 N–H and O–H groups in total. The van der Waals surface area contributed by atoms with Gasteiger partial charge in [0.15, 0.2) is 0 Å². The Bertz CT molecular complexity index is 803. The molecule has 0 atom stereocenters. The number of benzene rings is 2. The zero-order chi connectivity index (χ0) is 18.7. The molecule has 7 heteroatoms. The fraction of sp³-hybridized carbons (Fsp3) is 0.263. The van der Waals surface area contributed by atoms with Crippen molar-refractivity contribution in [3.63, 3.8) is 0 Å². The lowest BCUT2D eigenvalue weighted by atomic mass is 10.1. The van der Waals surface area contributed by atoms with E-state index in [-0.39, 0.29) is 28.9 Å². The second-order valence-corrected chi connectivity index (χ2v) is 7.10. The van der Waals surface area contributed by atoms with Crippen molar-refractivity contribution in [1.82, 2.24) is 9.80 Å². The van der Waals surface area contributed by atoms with Crippen LogP contribution >= 0.6 is 15.9 Å². The van der Waals surface area contributed by atoms with Gasteiger partial charge in [-0.2, -0.15) is 0 Å². The van der Waals surface area contributed by atoms with E-state index in [1.165, 1.54) is 18.2 Å². The Morgan fingerprint density at radius 1 is 0.769 bits per heavy atom. The van der Waals surface area contributed by atoms with E-state index in [0.717, 1.165) is 4.47 Å². The number of hydrogen-bond donors (Lipinski definition) is 2. The quantitative estimate of drug-likeness (QED) is 0.785. The summed E-state index contributed by atoms with van der Waals surface area (Å²) in [6.45, 7) is 1.92. The standard InChI is InChI=1S/C19H19BrN2O4/c20-15-4-2-13(3-5-15)18(25)21-6-1-7-22(9-8-21)19(26)14-10-16(23)12-17(24)11-14/h2-5,10-12,23-24H,1,6-9H2. The number of phenols is 2. The van der Waals surface area contributed by atoms with Crippen molar-refractivity contribution in [2.75, 3.05) is 26.2 Å². The molecule has 2 amide bonds. The van der Waals surface area contributed by atoms with E-state index in [1.807, 2.05) is 12.1 Å². The Morgan fingerprint density at radius 3 is 1.81 bits per heavy atom. The van der Waals surface area contributed by atoms with Gasteiger partial charge in [0.1, 0.15) is 11.5 Å². The van der Waals surface area contributed by atoms with Crippen molar-refractivity contribution in [3.8, 4) is 11.5 Å². The van der Waals surface area contributed by atoms with Gasteiger partial charge in [0.2, 0.25) is 0 Å². The van der Waals surface area contributed by atoms with Gasteiger partial charge >= 0.3 is 0 Å². The Labute approximate surface area is 159 Å². The minimum atomic E-state index is -0.269. The van der Waals surface area contributed by atoms with Crippen LogP contribution in [0.15, 0.2) is 46.9 Å². The maximum Gasteiger partial charge on any atom is 0.254 e. The third kappa shape index (κ3) is 4.16. The van der Waals surface area contributed by atoms with Crippen molar-refractivity contribution in [2.45, 2.75) is 6.42 Å². The van der Waals surface area contributed by atoms with E-state index in [4.69, 9.17) is 0 Å². The molecular weight excluding hydrogens is 400 g/mol. The first-order valence-corrected chi connectivity index (χ1v) is 9.10. The maximum absolute atomic E-state index is 12.6. The van der Waals surface area contributed by atoms with Crippen LogP contribution < -0.4 is 0 Å². The summed E-state index contributed by atoms with van der Waals surface area (Å²) in [5, 5.41) is 19.1. The van der Waals surface area contributed by atoms with Crippen LogP contribution in [0.4, 0.5) is 0 Å². The van der Waals surface area contributed by atoms with Gasteiger partial charge < -0.3 is 20.0 Å². The number of amides is 2. The van der Waals surface area contributed by atoms with Gasteiger partial charge in [-0.05, 0) is 42.8 Å². The molecule has 0 unspecified atom stereocenters. The van der Waals surface area contributed by atoms with Crippen LogP contribution in [0.3, 0.4) is 0 Å². The lowest BCUT2D eigenvalue weighted by Crippen LogP contribution is -2.37. The SMILES string of the molecule is O=C(c1ccc(Br)cc1)N1CCCN(C(=O)c2cc(O)cc(O)c2)CC1. The van der Waals surface area contributed by atoms with Gasteiger partial charge in [-0.1, -0.05) is 15.9 Å². The summed E-state index contributed by atoms with van der Waals surface area (Å²) in [6.07, 6.45) is 0.665. The van der Waals surface area contributed by atoms with Crippen molar-refractivity contribution in [1.29, 1.82) is 0 Å². The highest BCUT2D eigenvalue weighted by atomic mass is 79.9. The number of nitrogens with zero attached hydrogens (tertiary/aromatic N) is 2. The zero-order valence-electron chi connectivity index (χ0n) is 14.1. The van der Waals surface area contributed by atoms with Crippen molar-refractivity contribution >= 4 is 27.7 Å². The Kier molecular flexibility index (Phi) is 5.46. The Hall–Kier alpha value is -2.54. The molecule has 0 radical (unpaired) electrons. The molecule has 0 bridgehead atoms. The van der Waals surface area contributed by atoms with Crippen LogP contribution in [0.1, 0.15) is 27.1 Å². The molecule has 1 fully saturated rings. The number of aromatic hydroxyl groups is 2. The van der Waals surface area contributed by atoms with E-state index >= 15 is 0 Å². The zero-order valence-corrected chi connectivity index (χ0v) is 15.6. The minimum absolute atomic E-state index is 0.0539. The van der Waals surface area contributed by atoms with Gasteiger partial charge in [-0.15, -0.1) is 0 Å². The van der Waals surface area contributed by atoms with Crippen LogP contribution in [0.25, 0.3) is 0 Å². The maximum atomic E-state index is 12.6. The number of phenolic OH excluding ortho intramolecular Hbond substituents is 2. The molecule has 6 nitrogen and oxygen atoms in total. The second-order valence-electron chi connectivity index (χ2n) is 6.18. The van der Waals surface area contributed by atoms with Crippen molar-refractivity contribution in [3.05, 3.63) is 58.1 Å². The first-order chi connectivity index (χ1) is 12.4. The lowest BCUT2D eigenvalue weighted by molar-refractivity contribution is 0.0718. The Morgan fingerprint density at radius 2 is 1.27 bits per heavy atom. The largest absolute Gasteiger partial charge is 0.508 e. The predicted molar refractivity (Wildman–Crippen MR) is 100 cm³/mol. The molecular formula is C19H19BrN2O4. The van der Waals surface area contributed by atoms with Crippen LogP contribution in [-0.2, 0) is 0 Å². The molecule has 0 saturated carbocycles. The normalized spacial score (nSPS) is 14.8. The Balaban J connectivity index is 1.68. The minimum Gasteiger partial charge on any atom is -0.508 e. The first kappa shape index (κ1) is 18.3. The third-order valence-electron chi connectivity index (χ3n) is 4.31. The summed E-state index contributed by atoms with van der Waals surface area (Å²) < 4.78 is 0.913. The van der Waals surface area contributed by atoms with Crippen LogP contribution in [0.5, 0.6) is 11.5 Å². The highest BCUT2D eigenvalue weighted by Gasteiger charge is 2.24. The molecule has 0 aliphatic carbocycles. The summed E-state index contributed by atoms with van der Waals surface area (Å²) >= 11 is 3.35. The van der Waals surface area contributed by atoms with Crippen LogP contribution in [0, 0.1) is 0 Å². The molecule has 1 heterocycles. The number of rotatable bonds is 2. The third-order valence-corrected chi connectivity index (χ3v) is 4.84. The topological polar surface area (TPSA) is 81.1 Å². The monoisotopic (exact) mass is 418 g/mol. The summed E-state index contributed by atoms with van der Waals surface area (Å²) in [4.78, 5) is 28.7. The molecule has 2 aromatic carbocycles. The van der Waals surface area contributed by atoms with E-state index in [2.05, 4.69) is 15.9 Å². The number of carbonyl (C=O) groups is 2. The fourth-order valence-corrected chi connectivity index (χ4v) is 3.26. The summed E-state index contributed by atoms with van der Waals surface area (Å²) in [6, 6.07) is 11.0. The van der Waals surface area contributed by atoms with Gasteiger partial charge in [0, 0.05) is 47.8 Å². The molecule has 1 aliphatic rings. The lowest BCUT2D eigenvalue weighted by Gasteiger charge is -2.22. The van der Waals surface area contributed by atoms with Gasteiger partial charge in [0.25, 0.3) is 11.8 Å². The first-order valence-electron chi connectivity index (χ1n) is 8.31. The molecule has 1 aliphatic heterocycles. The molecule has 0 spiro atoms. The highest BCUT2D eigenvalue weighted by molar-refractivity contribution is 9.10. The molecule has 1 saturated heterocycles. The van der Waals surface area contributed by atoms with Crippen molar-refractivity contribution < 1.29 is 19.8 Å². The van der Waals surface area contributed by atoms with E-state index in [0.29, 0.717) is 38.2 Å². The van der Waals surface area contributed by atoms with E-state index < -0.39 is 0 Å². The second kappa shape index (κ2) is 7.78. The van der Waals surface area contributed by atoms with Crippen LogP contribution in [0.2, 0.25) is 0 Å². The van der Waals surface area contributed by atoms with E-state index in [1.54, 1.807) is 21.9 Å². The average molecular weight is 419 g/mol. The van der Waals surface area contributed by atoms with Crippen molar-refractivity contribution in [2.24, 2.45) is 0 Å². The fourth-order valence-electron chi connectivity index (χ4n) is 3.00. The summed E-state index contributed by atoms with van der Waals surface area (Å²) in [5.74, 6) is -0.638. The highest BCUT2D eigenvalue weighted by Crippen LogP contribution is 2.22. The average Bonchev–Trinajstić information content (AvgIpc) is 2.86. The molecule has 2 aromatic rings. The predicted octanol–water partition coefficient (Wildman–Crippen LogP) is 2.85. The van der Waals surface area contributed by atoms with Crippen LogP contribution in [-0.4, -0.2) is 58.0 Å². The van der Waals surface area contributed by atoms with Gasteiger partial charge in [-0.25, -0.2) is 0 Å². The van der Waals surface area contributed by atoms with Gasteiger partial charge in [-0.3, -0.25) is 9.59 Å². The molecule has 26 heavy (non-hydrogen) atoms. The summed E-state index contributed by atoms with van der Waals surface area (Å²) in [5.41, 5.74) is 0.848. The molecule has 136 valence electrons. The summed E-state index contributed by atoms with van der Waals surface area (Å²) in [7, 11) is 0. The molecule has 3 rings (SSSR count). The number of carbonyl (C=O) groups excluding carboxylic acids is 2. The van der Waals surface area contributed by atoms with Gasteiger partial charge in [0.05, 0.1) is 0 Å². The van der Waals surface area contributed by atoms with E-state index in [9.17, 15) is 19.8 Å². The number of halogens is 1. The smallest absolute Gasteiger partial charge is 0.254 e. The molecule has 0 aromatic heterocycles. The number of hydrogen-bond acceptors (Lipinski definition) is 4.